The maximum absolute atomic E-state index is 12.3. The molecular weight excluding hydrogens is 300 g/mol. The first-order chi connectivity index (χ1) is 11.0. The number of hydrogen-bond donors (Lipinski definition) is 2. The Morgan fingerprint density at radius 3 is 2.57 bits per heavy atom. The van der Waals surface area contributed by atoms with Crippen LogP contribution in [-0.4, -0.2) is 74.0 Å². The van der Waals surface area contributed by atoms with Gasteiger partial charge in [-0.1, -0.05) is 12.2 Å². The highest BCUT2D eigenvalue weighted by Gasteiger charge is 2.31. The lowest BCUT2D eigenvalue weighted by molar-refractivity contribution is -0.135. The van der Waals surface area contributed by atoms with Gasteiger partial charge in [0.25, 0.3) is 0 Å². The number of ether oxygens (including phenoxy) is 2. The van der Waals surface area contributed by atoms with E-state index < -0.39 is 6.10 Å². The highest BCUT2D eigenvalue weighted by atomic mass is 16.5. The summed E-state index contributed by atoms with van der Waals surface area (Å²) in [5.41, 5.74) is 0. The zero-order chi connectivity index (χ0) is 16.8. The second kappa shape index (κ2) is 8.42. The summed E-state index contributed by atoms with van der Waals surface area (Å²) in [7, 11) is 3.38. The molecular formula is C16H26N2O5. The molecule has 7 heteroatoms. The van der Waals surface area contributed by atoms with Gasteiger partial charge in [-0.25, -0.2) is 0 Å². The van der Waals surface area contributed by atoms with Crippen LogP contribution in [0.5, 0.6) is 0 Å². The van der Waals surface area contributed by atoms with Gasteiger partial charge in [-0.2, -0.15) is 0 Å². The van der Waals surface area contributed by atoms with E-state index in [0.717, 1.165) is 0 Å². The largest absolute Gasteiger partial charge is 0.394 e. The Morgan fingerprint density at radius 1 is 1.26 bits per heavy atom. The lowest BCUT2D eigenvalue weighted by Crippen LogP contribution is -2.50. The number of aliphatic hydroxyl groups excluding tert-OH is 1. The summed E-state index contributed by atoms with van der Waals surface area (Å²) in [4.78, 5) is 25.5. The van der Waals surface area contributed by atoms with Gasteiger partial charge in [-0.05, 0) is 12.8 Å². The Balaban J connectivity index is 1.91. The summed E-state index contributed by atoms with van der Waals surface area (Å²) in [6, 6.07) is -0.374. The number of nitrogens with one attached hydrogen (secondary N) is 1. The van der Waals surface area contributed by atoms with Crippen molar-refractivity contribution in [3.63, 3.8) is 0 Å². The summed E-state index contributed by atoms with van der Waals surface area (Å²) in [5.74, 6) is -0.126. The highest BCUT2D eigenvalue weighted by molar-refractivity contribution is 5.79. The fraction of sp³-hybridized carbons (Fsp3) is 0.750. The quantitative estimate of drug-likeness (QED) is 0.677. The van der Waals surface area contributed by atoms with Crippen LogP contribution in [0.1, 0.15) is 19.3 Å². The van der Waals surface area contributed by atoms with Gasteiger partial charge in [0, 0.05) is 33.2 Å². The first-order valence-electron chi connectivity index (χ1n) is 8.04. The number of nitrogens with zero attached hydrogens (tertiary/aromatic N) is 1. The molecule has 2 aliphatic rings. The first-order valence-corrected chi connectivity index (χ1v) is 8.04. The zero-order valence-corrected chi connectivity index (χ0v) is 13.7. The Labute approximate surface area is 136 Å². The monoisotopic (exact) mass is 326 g/mol. The van der Waals surface area contributed by atoms with E-state index in [2.05, 4.69) is 5.32 Å². The minimum absolute atomic E-state index is 0.0344. The Morgan fingerprint density at radius 2 is 1.96 bits per heavy atom. The summed E-state index contributed by atoms with van der Waals surface area (Å²) >= 11 is 0. The van der Waals surface area contributed by atoms with Crippen molar-refractivity contribution in [3.8, 4) is 0 Å². The smallest absolute Gasteiger partial charge is 0.224 e. The number of aliphatic hydroxyl groups is 1. The van der Waals surface area contributed by atoms with Crippen molar-refractivity contribution in [1.29, 1.82) is 0 Å². The Hall–Kier alpha value is -1.44. The molecule has 23 heavy (non-hydrogen) atoms. The van der Waals surface area contributed by atoms with Crippen molar-refractivity contribution in [2.24, 2.45) is 5.92 Å². The van der Waals surface area contributed by atoms with Crippen LogP contribution in [0.25, 0.3) is 0 Å². The molecule has 0 unspecified atom stereocenters. The molecule has 0 saturated carbocycles. The maximum atomic E-state index is 12.3. The molecule has 0 spiro atoms. The molecule has 0 aromatic carbocycles. The van der Waals surface area contributed by atoms with Crippen molar-refractivity contribution < 1.29 is 24.2 Å². The Kier molecular flexibility index (Phi) is 6.56. The van der Waals surface area contributed by atoms with E-state index in [0.29, 0.717) is 26.1 Å². The number of hydrogen-bond acceptors (Lipinski definition) is 5. The number of rotatable bonds is 5. The average Bonchev–Trinajstić information content (AvgIpc) is 2.56. The standard InChI is InChI=1S/C16H26N2O5/c1-18(2)15(20)9-12-3-4-13(14(10-19)23-12)17-16(21)11-5-7-22-8-6-11/h3-4,11-14,19H,5-10H2,1-2H3,(H,17,21)/t12-,13+,14-/m0/s1. The van der Waals surface area contributed by atoms with E-state index >= 15 is 0 Å². The number of amides is 2. The predicted molar refractivity (Wildman–Crippen MR) is 83.7 cm³/mol. The third kappa shape index (κ3) is 5.02. The summed E-state index contributed by atoms with van der Waals surface area (Å²) in [6.45, 7) is 0.996. The minimum atomic E-state index is -0.538. The SMILES string of the molecule is CN(C)C(=O)C[C@@H]1C=C[C@@H](NC(=O)C2CCOCC2)[C@H](CO)O1. The molecule has 1 saturated heterocycles. The molecule has 2 aliphatic heterocycles. The number of carbonyl (C=O) groups excluding carboxylic acids is 2. The van der Waals surface area contributed by atoms with Gasteiger partial charge in [0.1, 0.15) is 6.10 Å². The molecule has 0 radical (unpaired) electrons. The van der Waals surface area contributed by atoms with Crippen LogP contribution in [-0.2, 0) is 19.1 Å². The van der Waals surface area contributed by atoms with Crippen molar-refractivity contribution >= 4 is 11.8 Å². The van der Waals surface area contributed by atoms with E-state index in [4.69, 9.17) is 9.47 Å². The molecule has 7 nitrogen and oxygen atoms in total. The predicted octanol–water partition coefficient (Wildman–Crippen LogP) is -0.308. The normalized spacial score (nSPS) is 28.4. The van der Waals surface area contributed by atoms with Crippen molar-refractivity contribution in [2.75, 3.05) is 33.9 Å². The second-order valence-corrected chi connectivity index (χ2v) is 6.19. The lowest BCUT2D eigenvalue weighted by atomic mass is 9.97. The van der Waals surface area contributed by atoms with Crippen molar-refractivity contribution in [3.05, 3.63) is 12.2 Å². The van der Waals surface area contributed by atoms with E-state index in [-0.39, 0.29) is 42.9 Å². The van der Waals surface area contributed by atoms with E-state index in [1.54, 1.807) is 20.2 Å². The van der Waals surface area contributed by atoms with Gasteiger partial charge in [-0.3, -0.25) is 9.59 Å². The van der Waals surface area contributed by atoms with Crippen molar-refractivity contribution in [2.45, 2.75) is 37.5 Å². The van der Waals surface area contributed by atoms with Crippen LogP contribution < -0.4 is 5.32 Å². The first kappa shape index (κ1) is 17.9. The van der Waals surface area contributed by atoms with Crippen LogP contribution in [0.3, 0.4) is 0 Å². The van der Waals surface area contributed by atoms with Gasteiger partial charge < -0.3 is 24.8 Å². The summed E-state index contributed by atoms with van der Waals surface area (Å²) in [5, 5.41) is 12.4. The topological polar surface area (TPSA) is 88.1 Å². The number of carbonyl (C=O) groups is 2. The van der Waals surface area contributed by atoms with Crippen LogP contribution in [0.4, 0.5) is 0 Å². The van der Waals surface area contributed by atoms with Crippen LogP contribution in [0, 0.1) is 5.92 Å². The van der Waals surface area contributed by atoms with Gasteiger partial charge in [0.05, 0.1) is 25.2 Å². The minimum Gasteiger partial charge on any atom is -0.394 e. The molecule has 0 aromatic heterocycles. The van der Waals surface area contributed by atoms with Crippen molar-refractivity contribution in [1.82, 2.24) is 10.2 Å². The molecule has 2 heterocycles. The molecule has 1 fully saturated rings. The van der Waals surface area contributed by atoms with Gasteiger partial charge in [0.15, 0.2) is 0 Å². The fourth-order valence-electron chi connectivity index (χ4n) is 2.73. The van der Waals surface area contributed by atoms with E-state index in [1.807, 2.05) is 6.08 Å². The fourth-order valence-corrected chi connectivity index (χ4v) is 2.73. The molecule has 2 rings (SSSR count). The molecule has 130 valence electrons. The summed E-state index contributed by atoms with van der Waals surface area (Å²) < 4.78 is 11.0. The zero-order valence-electron chi connectivity index (χ0n) is 13.7. The molecule has 0 bridgehead atoms. The third-order valence-electron chi connectivity index (χ3n) is 4.24. The molecule has 2 N–H and O–H groups in total. The van der Waals surface area contributed by atoms with Crippen LogP contribution >= 0.6 is 0 Å². The maximum Gasteiger partial charge on any atom is 0.224 e. The van der Waals surface area contributed by atoms with E-state index in [9.17, 15) is 14.7 Å². The molecule has 0 aliphatic carbocycles. The highest BCUT2D eigenvalue weighted by Crippen LogP contribution is 2.19. The molecule has 3 atom stereocenters. The van der Waals surface area contributed by atoms with Gasteiger partial charge in [0.2, 0.25) is 11.8 Å². The summed E-state index contributed by atoms with van der Waals surface area (Å²) in [6.07, 6.45) is 4.33. The van der Waals surface area contributed by atoms with Gasteiger partial charge in [-0.15, -0.1) is 0 Å². The third-order valence-corrected chi connectivity index (χ3v) is 4.24. The van der Waals surface area contributed by atoms with Crippen LogP contribution in [0.15, 0.2) is 12.2 Å². The lowest BCUT2D eigenvalue weighted by Gasteiger charge is -2.33. The Bertz CT molecular complexity index is 446. The van der Waals surface area contributed by atoms with Crippen LogP contribution in [0.2, 0.25) is 0 Å². The molecule has 0 aromatic rings. The second-order valence-electron chi connectivity index (χ2n) is 6.19. The van der Waals surface area contributed by atoms with E-state index in [1.165, 1.54) is 4.90 Å². The average molecular weight is 326 g/mol. The van der Waals surface area contributed by atoms with Gasteiger partial charge >= 0.3 is 0 Å². The molecule has 2 amide bonds.